The van der Waals surface area contributed by atoms with Crippen LogP contribution < -0.4 is 9.62 Å². The molecule has 2 aromatic carbocycles. The molecule has 0 aliphatic carbocycles. The van der Waals surface area contributed by atoms with Crippen LogP contribution in [0.25, 0.3) is 0 Å². The molecule has 0 aromatic heterocycles. The summed E-state index contributed by atoms with van der Waals surface area (Å²) in [5.74, 6) is 0.671. The molecule has 1 amide bonds. The van der Waals surface area contributed by atoms with Crippen molar-refractivity contribution in [1.82, 2.24) is 5.32 Å². The summed E-state index contributed by atoms with van der Waals surface area (Å²) in [4.78, 5) is 14.0. The topological polar surface area (TPSA) is 66.5 Å². The van der Waals surface area contributed by atoms with E-state index in [1.165, 1.54) is 11.9 Å². The number of amides is 1. The van der Waals surface area contributed by atoms with E-state index in [2.05, 4.69) is 11.4 Å². The molecule has 0 radical (unpaired) electrons. The molecule has 25 heavy (non-hydrogen) atoms. The van der Waals surface area contributed by atoms with Gasteiger partial charge in [-0.05, 0) is 30.2 Å². The van der Waals surface area contributed by atoms with Gasteiger partial charge in [-0.25, -0.2) is 8.42 Å². The molecule has 1 heterocycles. The van der Waals surface area contributed by atoms with Crippen molar-refractivity contribution in [2.24, 2.45) is 0 Å². The van der Waals surface area contributed by atoms with Gasteiger partial charge in [-0.1, -0.05) is 30.3 Å². The van der Waals surface area contributed by atoms with Crippen LogP contribution >= 0.6 is 11.8 Å². The lowest BCUT2D eigenvalue weighted by molar-refractivity contribution is 0.0935. The molecule has 0 fully saturated rings. The van der Waals surface area contributed by atoms with Crippen molar-refractivity contribution in [3.05, 3.63) is 59.7 Å². The highest BCUT2D eigenvalue weighted by molar-refractivity contribution is 7.99. The second-order valence-corrected chi connectivity index (χ2v) is 9.10. The smallest absolute Gasteiger partial charge is 0.253 e. The number of para-hydroxylation sites is 1. The average Bonchev–Trinajstić information content (AvgIpc) is 2.60. The summed E-state index contributed by atoms with van der Waals surface area (Å²) in [7, 11) is -1.99. The van der Waals surface area contributed by atoms with Crippen molar-refractivity contribution in [2.75, 3.05) is 23.4 Å². The maximum Gasteiger partial charge on any atom is 0.253 e. The van der Waals surface area contributed by atoms with Gasteiger partial charge in [0, 0.05) is 17.7 Å². The fraction of sp³-hybridized carbons (Fsp3) is 0.278. The third-order valence-corrected chi connectivity index (χ3v) is 6.56. The zero-order valence-electron chi connectivity index (χ0n) is 14.1. The predicted molar refractivity (Wildman–Crippen MR) is 102 cm³/mol. The Morgan fingerprint density at radius 3 is 2.60 bits per heavy atom. The number of anilines is 1. The lowest BCUT2D eigenvalue weighted by Crippen LogP contribution is -2.33. The summed E-state index contributed by atoms with van der Waals surface area (Å²) in [6.45, 7) is 0. The zero-order valence-corrected chi connectivity index (χ0v) is 15.7. The van der Waals surface area contributed by atoms with Crippen molar-refractivity contribution in [3.8, 4) is 0 Å². The first-order chi connectivity index (χ1) is 11.9. The summed E-state index contributed by atoms with van der Waals surface area (Å²) in [5.41, 5.74) is 1.84. The lowest BCUT2D eigenvalue weighted by atomic mass is 10.0. The molecular formula is C18H20N2O3S2. The molecule has 0 spiro atoms. The maximum absolute atomic E-state index is 12.8. The van der Waals surface area contributed by atoms with Gasteiger partial charge in [-0.15, -0.1) is 11.8 Å². The Kier molecular flexibility index (Phi) is 5.06. The van der Waals surface area contributed by atoms with Crippen LogP contribution in [0, 0.1) is 0 Å². The van der Waals surface area contributed by atoms with E-state index in [1.54, 1.807) is 36.0 Å². The van der Waals surface area contributed by atoms with E-state index < -0.39 is 10.0 Å². The summed E-state index contributed by atoms with van der Waals surface area (Å²) < 4.78 is 24.8. The monoisotopic (exact) mass is 376 g/mol. The molecular weight excluding hydrogens is 356 g/mol. The second kappa shape index (κ2) is 7.09. The SMILES string of the molecule is CN(c1ccccc1C(=O)N[C@H]1CCSc2ccccc21)S(C)(=O)=O. The number of carbonyl (C=O) groups excluding carboxylic acids is 1. The van der Waals surface area contributed by atoms with E-state index in [9.17, 15) is 13.2 Å². The molecule has 0 saturated heterocycles. The van der Waals surface area contributed by atoms with Crippen molar-refractivity contribution >= 4 is 33.4 Å². The van der Waals surface area contributed by atoms with Gasteiger partial charge in [0.1, 0.15) is 0 Å². The van der Waals surface area contributed by atoms with E-state index in [0.717, 1.165) is 28.3 Å². The predicted octanol–water partition coefficient (Wildman–Crippen LogP) is 3.05. The highest BCUT2D eigenvalue weighted by Gasteiger charge is 2.25. The number of benzene rings is 2. The molecule has 2 aromatic rings. The van der Waals surface area contributed by atoms with Gasteiger partial charge in [0.05, 0.1) is 23.5 Å². The highest BCUT2D eigenvalue weighted by Crippen LogP contribution is 2.36. The molecule has 1 N–H and O–H groups in total. The Morgan fingerprint density at radius 2 is 1.84 bits per heavy atom. The van der Waals surface area contributed by atoms with Crippen LogP contribution in [-0.2, 0) is 10.0 Å². The quantitative estimate of drug-likeness (QED) is 0.891. The first kappa shape index (κ1) is 17.8. The number of nitrogens with one attached hydrogen (secondary N) is 1. The number of hydrogen-bond donors (Lipinski definition) is 1. The van der Waals surface area contributed by atoms with Gasteiger partial charge in [-0.3, -0.25) is 9.10 Å². The van der Waals surface area contributed by atoms with Gasteiger partial charge < -0.3 is 5.32 Å². The molecule has 5 nitrogen and oxygen atoms in total. The Hall–Kier alpha value is -1.99. The molecule has 1 aliphatic rings. The van der Waals surface area contributed by atoms with Crippen LogP contribution in [0.3, 0.4) is 0 Å². The minimum atomic E-state index is -3.44. The highest BCUT2D eigenvalue weighted by atomic mass is 32.2. The number of thioether (sulfide) groups is 1. The van der Waals surface area contributed by atoms with E-state index >= 15 is 0 Å². The Labute approximate surface area is 152 Å². The fourth-order valence-corrected chi connectivity index (χ4v) is 4.49. The molecule has 0 unspecified atom stereocenters. The fourth-order valence-electron chi connectivity index (χ4n) is 2.85. The average molecular weight is 377 g/mol. The summed E-state index contributed by atoms with van der Waals surface area (Å²) in [5, 5.41) is 3.06. The van der Waals surface area contributed by atoms with E-state index in [4.69, 9.17) is 0 Å². The molecule has 0 saturated carbocycles. The van der Waals surface area contributed by atoms with Crippen LogP contribution in [-0.4, -0.2) is 33.4 Å². The Morgan fingerprint density at radius 1 is 1.16 bits per heavy atom. The lowest BCUT2D eigenvalue weighted by Gasteiger charge is -2.27. The molecule has 7 heteroatoms. The van der Waals surface area contributed by atoms with Gasteiger partial charge in [0.25, 0.3) is 5.91 Å². The van der Waals surface area contributed by atoms with Crippen molar-refractivity contribution < 1.29 is 13.2 Å². The number of nitrogens with zero attached hydrogens (tertiary/aromatic N) is 1. The molecule has 132 valence electrons. The van der Waals surface area contributed by atoms with Gasteiger partial charge in [0.15, 0.2) is 0 Å². The first-order valence-electron chi connectivity index (χ1n) is 7.93. The van der Waals surface area contributed by atoms with Crippen molar-refractivity contribution in [3.63, 3.8) is 0 Å². The van der Waals surface area contributed by atoms with Gasteiger partial charge in [0.2, 0.25) is 10.0 Å². The standard InChI is InChI=1S/C18H20N2O3S2/c1-20(25(2,22)23)16-9-5-3-8-14(16)18(21)19-15-11-12-24-17-10-6-4-7-13(15)17/h3-10,15H,11-12H2,1-2H3,(H,19,21)/t15-/m0/s1. The van der Waals surface area contributed by atoms with Gasteiger partial charge in [-0.2, -0.15) is 0 Å². The minimum Gasteiger partial charge on any atom is -0.345 e. The second-order valence-electron chi connectivity index (χ2n) is 5.95. The van der Waals surface area contributed by atoms with Crippen molar-refractivity contribution in [1.29, 1.82) is 0 Å². The molecule has 0 bridgehead atoms. The summed E-state index contributed by atoms with van der Waals surface area (Å²) in [6, 6.07) is 14.7. The number of sulfonamides is 1. The van der Waals surface area contributed by atoms with Crippen LogP contribution in [0.4, 0.5) is 5.69 Å². The molecule has 3 rings (SSSR count). The minimum absolute atomic E-state index is 0.0680. The molecule has 1 aliphatic heterocycles. The Balaban J connectivity index is 1.89. The Bertz CT molecular complexity index is 897. The number of fused-ring (bicyclic) bond motifs is 1. The number of rotatable bonds is 4. The third-order valence-electron chi connectivity index (χ3n) is 4.25. The number of hydrogen-bond acceptors (Lipinski definition) is 4. The van der Waals surface area contributed by atoms with E-state index in [-0.39, 0.29) is 11.9 Å². The maximum atomic E-state index is 12.8. The van der Waals surface area contributed by atoms with Crippen LogP contribution in [0.1, 0.15) is 28.4 Å². The third kappa shape index (κ3) is 3.82. The summed E-state index contributed by atoms with van der Waals surface area (Å²) >= 11 is 1.79. The molecule has 1 atom stereocenters. The van der Waals surface area contributed by atoms with E-state index in [0.29, 0.717) is 11.3 Å². The summed E-state index contributed by atoms with van der Waals surface area (Å²) in [6.07, 6.45) is 1.97. The first-order valence-corrected chi connectivity index (χ1v) is 10.8. The largest absolute Gasteiger partial charge is 0.345 e. The van der Waals surface area contributed by atoms with Crippen LogP contribution in [0.5, 0.6) is 0 Å². The zero-order chi connectivity index (χ0) is 18.0. The van der Waals surface area contributed by atoms with Crippen LogP contribution in [0.15, 0.2) is 53.4 Å². The van der Waals surface area contributed by atoms with E-state index in [1.807, 2.05) is 18.2 Å². The van der Waals surface area contributed by atoms with Gasteiger partial charge >= 0.3 is 0 Å². The number of carbonyl (C=O) groups is 1. The van der Waals surface area contributed by atoms with Crippen LogP contribution in [0.2, 0.25) is 0 Å². The normalized spacial score (nSPS) is 16.8. The van der Waals surface area contributed by atoms with Crippen molar-refractivity contribution in [2.45, 2.75) is 17.4 Å².